The van der Waals surface area contributed by atoms with Crippen LogP contribution in [0.3, 0.4) is 0 Å². The summed E-state index contributed by atoms with van der Waals surface area (Å²) in [7, 11) is -1.65. The van der Waals surface area contributed by atoms with Crippen LogP contribution in [-0.2, 0) is 14.9 Å². The Balaban J connectivity index is 1.77. The SMILES string of the molecule is COC1CCN(S(=O)(=O)NCCC2CCCCN2CC(C)C)CC1. The van der Waals surface area contributed by atoms with Gasteiger partial charge in [0.05, 0.1) is 6.10 Å². The molecule has 0 saturated carbocycles. The highest BCUT2D eigenvalue weighted by molar-refractivity contribution is 7.87. The molecular weight excluding hydrogens is 326 g/mol. The predicted octanol–water partition coefficient (Wildman–Crippen LogP) is 1.83. The quantitative estimate of drug-likeness (QED) is 0.716. The lowest BCUT2D eigenvalue weighted by atomic mass is 9.98. The number of rotatable bonds is 8. The van der Waals surface area contributed by atoms with Crippen molar-refractivity contribution in [1.82, 2.24) is 13.9 Å². The van der Waals surface area contributed by atoms with E-state index in [1.165, 1.54) is 19.3 Å². The standard InChI is InChI=1S/C17H35N3O3S/c1-15(2)14-19-11-5-4-6-16(19)7-10-18-24(21,22)20-12-8-17(23-3)9-13-20/h15-18H,4-14H2,1-3H3. The molecule has 2 aliphatic heterocycles. The van der Waals surface area contributed by atoms with Crippen molar-refractivity contribution < 1.29 is 13.2 Å². The second-order valence-electron chi connectivity index (χ2n) is 7.56. The first kappa shape index (κ1) is 20.1. The minimum absolute atomic E-state index is 0.197. The molecule has 0 spiro atoms. The molecule has 0 aromatic rings. The van der Waals surface area contributed by atoms with Crippen LogP contribution in [0, 0.1) is 5.92 Å². The molecule has 0 bridgehead atoms. The van der Waals surface area contributed by atoms with Gasteiger partial charge in [0.25, 0.3) is 10.2 Å². The van der Waals surface area contributed by atoms with Gasteiger partial charge < -0.3 is 9.64 Å². The molecule has 1 atom stereocenters. The Labute approximate surface area is 148 Å². The smallest absolute Gasteiger partial charge is 0.279 e. The molecule has 7 heteroatoms. The van der Waals surface area contributed by atoms with Gasteiger partial charge in [0.15, 0.2) is 0 Å². The van der Waals surface area contributed by atoms with Crippen molar-refractivity contribution in [3.63, 3.8) is 0 Å². The van der Waals surface area contributed by atoms with Crippen LogP contribution in [0.2, 0.25) is 0 Å². The lowest BCUT2D eigenvalue weighted by Gasteiger charge is -2.37. The molecule has 0 aromatic heterocycles. The maximum Gasteiger partial charge on any atom is 0.279 e. The van der Waals surface area contributed by atoms with E-state index in [1.54, 1.807) is 11.4 Å². The number of nitrogens with zero attached hydrogens (tertiary/aromatic N) is 2. The number of hydrogen-bond acceptors (Lipinski definition) is 4. The summed E-state index contributed by atoms with van der Waals surface area (Å²) in [5.41, 5.74) is 0. The molecule has 0 amide bonds. The zero-order valence-electron chi connectivity index (χ0n) is 15.5. The van der Waals surface area contributed by atoms with Crippen molar-refractivity contribution in [2.75, 3.05) is 39.8 Å². The molecule has 1 N–H and O–H groups in total. The summed E-state index contributed by atoms with van der Waals surface area (Å²) in [6.07, 6.45) is 6.38. The first-order valence-electron chi connectivity index (χ1n) is 9.44. The third-order valence-electron chi connectivity index (χ3n) is 5.18. The Morgan fingerprint density at radius 3 is 2.46 bits per heavy atom. The molecule has 2 saturated heterocycles. The fourth-order valence-electron chi connectivity index (χ4n) is 3.85. The van der Waals surface area contributed by atoms with Crippen LogP contribution in [0.1, 0.15) is 52.4 Å². The van der Waals surface area contributed by atoms with Gasteiger partial charge in [0.2, 0.25) is 0 Å². The maximum absolute atomic E-state index is 12.4. The Kier molecular flexibility index (Phi) is 7.94. The number of piperidine rings is 2. The summed E-state index contributed by atoms with van der Waals surface area (Å²) >= 11 is 0. The molecule has 0 aromatic carbocycles. The van der Waals surface area contributed by atoms with Gasteiger partial charge in [-0.1, -0.05) is 20.3 Å². The summed E-state index contributed by atoms with van der Waals surface area (Å²) in [4.78, 5) is 2.55. The van der Waals surface area contributed by atoms with E-state index in [4.69, 9.17) is 4.74 Å². The van der Waals surface area contributed by atoms with Gasteiger partial charge in [0, 0.05) is 39.3 Å². The molecule has 142 valence electrons. The summed E-state index contributed by atoms with van der Waals surface area (Å²) in [5.74, 6) is 0.657. The molecular formula is C17H35N3O3S. The van der Waals surface area contributed by atoms with E-state index in [0.717, 1.165) is 32.4 Å². The molecule has 1 unspecified atom stereocenters. The van der Waals surface area contributed by atoms with E-state index in [1.807, 2.05) is 0 Å². The molecule has 6 nitrogen and oxygen atoms in total. The summed E-state index contributed by atoms with van der Waals surface area (Å²) in [6, 6.07) is 0.517. The molecule has 2 rings (SSSR count). The number of likely N-dealkylation sites (tertiary alicyclic amines) is 1. The van der Waals surface area contributed by atoms with Crippen LogP contribution < -0.4 is 4.72 Å². The van der Waals surface area contributed by atoms with E-state index >= 15 is 0 Å². The summed E-state index contributed by atoms with van der Waals surface area (Å²) < 4.78 is 34.6. The van der Waals surface area contributed by atoms with Crippen molar-refractivity contribution in [2.24, 2.45) is 5.92 Å². The third-order valence-corrected chi connectivity index (χ3v) is 6.80. The second kappa shape index (κ2) is 9.48. The second-order valence-corrected chi connectivity index (χ2v) is 9.32. The normalized spacial score (nSPS) is 25.4. The lowest BCUT2D eigenvalue weighted by Crippen LogP contribution is -2.48. The highest BCUT2D eigenvalue weighted by Gasteiger charge is 2.28. The predicted molar refractivity (Wildman–Crippen MR) is 97.2 cm³/mol. The van der Waals surface area contributed by atoms with E-state index in [9.17, 15) is 8.42 Å². The van der Waals surface area contributed by atoms with Gasteiger partial charge in [0.1, 0.15) is 0 Å². The van der Waals surface area contributed by atoms with Gasteiger partial charge in [-0.25, -0.2) is 4.72 Å². The van der Waals surface area contributed by atoms with Gasteiger partial charge in [-0.05, 0) is 44.6 Å². The van der Waals surface area contributed by atoms with Crippen molar-refractivity contribution in [3.8, 4) is 0 Å². The van der Waals surface area contributed by atoms with Crippen LogP contribution in [0.5, 0.6) is 0 Å². The number of methoxy groups -OCH3 is 1. The first-order chi connectivity index (χ1) is 11.4. The topological polar surface area (TPSA) is 61.9 Å². The van der Waals surface area contributed by atoms with Crippen molar-refractivity contribution in [1.29, 1.82) is 0 Å². The van der Waals surface area contributed by atoms with Gasteiger partial charge in [-0.15, -0.1) is 0 Å². The minimum atomic E-state index is -3.35. The van der Waals surface area contributed by atoms with Crippen LogP contribution in [0.4, 0.5) is 0 Å². The largest absolute Gasteiger partial charge is 0.381 e. The van der Waals surface area contributed by atoms with Crippen molar-refractivity contribution >= 4 is 10.2 Å². The zero-order valence-corrected chi connectivity index (χ0v) is 16.4. The van der Waals surface area contributed by atoms with E-state index < -0.39 is 10.2 Å². The minimum Gasteiger partial charge on any atom is -0.381 e. The third kappa shape index (κ3) is 5.95. The van der Waals surface area contributed by atoms with Crippen LogP contribution in [-0.4, -0.2) is 69.6 Å². The zero-order chi connectivity index (χ0) is 17.6. The summed E-state index contributed by atoms with van der Waals surface area (Å²) in [6.45, 7) is 8.40. The molecule has 2 aliphatic rings. The van der Waals surface area contributed by atoms with Gasteiger partial charge >= 0.3 is 0 Å². The summed E-state index contributed by atoms with van der Waals surface area (Å²) in [5, 5.41) is 0. The number of ether oxygens (including phenoxy) is 1. The van der Waals surface area contributed by atoms with Gasteiger partial charge in [-0.2, -0.15) is 12.7 Å². The van der Waals surface area contributed by atoms with E-state index in [0.29, 0.717) is 31.6 Å². The van der Waals surface area contributed by atoms with Gasteiger partial charge in [-0.3, -0.25) is 0 Å². The molecule has 2 fully saturated rings. The lowest BCUT2D eigenvalue weighted by molar-refractivity contribution is 0.0601. The van der Waals surface area contributed by atoms with Crippen LogP contribution >= 0.6 is 0 Å². The highest BCUT2D eigenvalue weighted by Crippen LogP contribution is 2.21. The Morgan fingerprint density at radius 2 is 1.83 bits per heavy atom. The van der Waals surface area contributed by atoms with Crippen LogP contribution in [0.25, 0.3) is 0 Å². The Bertz CT molecular complexity index is 462. The average molecular weight is 362 g/mol. The van der Waals surface area contributed by atoms with Crippen molar-refractivity contribution in [2.45, 2.75) is 64.5 Å². The molecule has 2 heterocycles. The maximum atomic E-state index is 12.4. The molecule has 0 aliphatic carbocycles. The molecule has 0 radical (unpaired) electrons. The Morgan fingerprint density at radius 1 is 1.12 bits per heavy atom. The van der Waals surface area contributed by atoms with E-state index in [2.05, 4.69) is 23.5 Å². The fraction of sp³-hybridized carbons (Fsp3) is 1.00. The van der Waals surface area contributed by atoms with Crippen molar-refractivity contribution in [3.05, 3.63) is 0 Å². The first-order valence-corrected chi connectivity index (χ1v) is 10.9. The number of hydrogen-bond donors (Lipinski definition) is 1. The number of nitrogens with one attached hydrogen (secondary N) is 1. The fourth-order valence-corrected chi connectivity index (χ4v) is 5.10. The Hall–Kier alpha value is -0.210. The van der Waals surface area contributed by atoms with E-state index in [-0.39, 0.29) is 6.10 Å². The average Bonchev–Trinajstić information content (AvgIpc) is 2.56. The highest BCUT2D eigenvalue weighted by atomic mass is 32.2. The molecule has 24 heavy (non-hydrogen) atoms. The van der Waals surface area contributed by atoms with Crippen LogP contribution in [0.15, 0.2) is 0 Å². The monoisotopic (exact) mass is 361 g/mol.